The molecule has 1 heterocycles. The van der Waals surface area contributed by atoms with Gasteiger partial charge in [-0.2, -0.15) is 4.98 Å². The number of amides is 1. The van der Waals surface area contributed by atoms with Crippen molar-refractivity contribution in [3.8, 4) is 0 Å². The summed E-state index contributed by atoms with van der Waals surface area (Å²) in [5, 5.41) is 2.27. The van der Waals surface area contributed by atoms with Crippen LogP contribution in [0.15, 0.2) is 12.3 Å². The van der Waals surface area contributed by atoms with Gasteiger partial charge in [-0.3, -0.25) is 5.32 Å². The molecule has 0 unspecified atom stereocenters. The Morgan fingerprint density at radius 1 is 1.75 bits per heavy atom. The van der Waals surface area contributed by atoms with E-state index in [0.717, 1.165) is 0 Å². The Morgan fingerprint density at radius 3 is 3.08 bits per heavy atom. The first-order valence-electron chi connectivity index (χ1n) is 3.16. The predicted molar refractivity (Wildman–Crippen MR) is 42.5 cm³/mol. The van der Waals surface area contributed by atoms with E-state index in [1.165, 1.54) is 19.4 Å². The van der Waals surface area contributed by atoms with Crippen molar-refractivity contribution < 1.29 is 9.53 Å². The third-order valence-corrected chi connectivity index (χ3v) is 1.08. The van der Waals surface area contributed by atoms with Crippen LogP contribution in [0.25, 0.3) is 0 Å². The van der Waals surface area contributed by atoms with Crippen LogP contribution >= 0.6 is 0 Å². The Bertz CT molecular complexity index is 289. The second-order valence-corrected chi connectivity index (χ2v) is 1.92. The number of carbonyl (C=O) groups is 1. The van der Waals surface area contributed by atoms with Gasteiger partial charge in [-0.25, -0.2) is 9.78 Å². The first-order chi connectivity index (χ1) is 5.72. The van der Waals surface area contributed by atoms with Crippen molar-refractivity contribution in [1.82, 2.24) is 9.97 Å². The molecular weight excluding hydrogens is 160 g/mol. The smallest absolute Gasteiger partial charge is 0.413 e. The molecule has 0 saturated carbocycles. The number of nitrogens with two attached hydrogens (primary N) is 1. The summed E-state index contributed by atoms with van der Waals surface area (Å²) < 4.78 is 4.32. The number of nitrogen functional groups attached to an aromatic ring is 1. The van der Waals surface area contributed by atoms with Crippen LogP contribution in [0.5, 0.6) is 0 Å². The summed E-state index contributed by atoms with van der Waals surface area (Å²) in [7, 11) is 1.25. The predicted octanol–water partition coefficient (Wildman–Crippen LogP) is 0.237. The first-order valence-corrected chi connectivity index (χ1v) is 3.16. The zero-order valence-electron chi connectivity index (χ0n) is 6.44. The van der Waals surface area contributed by atoms with Gasteiger partial charge in [0.15, 0.2) is 0 Å². The monoisotopic (exact) mass is 168 g/mol. The quantitative estimate of drug-likeness (QED) is 0.626. The van der Waals surface area contributed by atoms with Gasteiger partial charge in [0, 0.05) is 6.20 Å². The van der Waals surface area contributed by atoms with Crippen LogP contribution in [0.4, 0.5) is 16.6 Å². The fraction of sp³-hybridized carbons (Fsp3) is 0.167. The summed E-state index contributed by atoms with van der Waals surface area (Å²) in [6.07, 6.45) is 0.814. The molecule has 0 radical (unpaired) electrons. The van der Waals surface area contributed by atoms with E-state index >= 15 is 0 Å². The molecule has 0 atom stereocenters. The zero-order chi connectivity index (χ0) is 8.97. The lowest BCUT2D eigenvalue weighted by Gasteiger charge is -2.00. The number of hydrogen-bond donors (Lipinski definition) is 2. The molecule has 0 aliphatic carbocycles. The minimum absolute atomic E-state index is 0.127. The van der Waals surface area contributed by atoms with Crippen LogP contribution in [-0.4, -0.2) is 23.2 Å². The molecule has 0 aromatic carbocycles. The van der Waals surface area contributed by atoms with E-state index in [9.17, 15) is 4.79 Å². The van der Waals surface area contributed by atoms with Gasteiger partial charge in [0.25, 0.3) is 0 Å². The lowest BCUT2D eigenvalue weighted by molar-refractivity contribution is 0.186. The SMILES string of the molecule is COC(=O)Nc1nccc(N)n1. The van der Waals surface area contributed by atoms with E-state index in [0.29, 0.717) is 0 Å². The average molecular weight is 168 g/mol. The van der Waals surface area contributed by atoms with E-state index < -0.39 is 6.09 Å². The van der Waals surface area contributed by atoms with E-state index in [4.69, 9.17) is 5.73 Å². The number of methoxy groups -OCH3 is 1. The summed E-state index contributed by atoms with van der Waals surface area (Å²) in [5.41, 5.74) is 5.33. The van der Waals surface area contributed by atoms with Gasteiger partial charge >= 0.3 is 6.09 Å². The van der Waals surface area contributed by atoms with Gasteiger partial charge in [-0.15, -0.1) is 0 Å². The molecule has 6 nitrogen and oxygen atoms in total. The van der Waals surface area contributed by atoms with Crippen LogP contribution in [0.2, 0.25) is 0 Å². The minimum Gasteiger partial charge on any atom is -0.453 e. The highest BCUT2D eigenvalue weighted by molar-refractivity contribution is 5.82. The Balaban J connectivity index is 2.69. The van der Waals surface area contributed by atoms with Crippen molar-refractivity contribution in [3.63, 3.8) is 0 Å². The van der Waals surface area contributed by atoms with Gasteiger partial charge in [-0.05, 0) is 6.07 Å². The summed E-state index contributed by atoms with van der Waals surface area (Å²) in [4.78, 5) is 18.1. The minimum atomic E-state index is -0.624. The highest BCUT2D eigenvalue weighted by Gasteiger charge is 2.01. The molecule has 1 rings (SSSR count). The van der Waals surface area contributed by atoms with Crippen LogP contribution < -0.4 is 11.1 Å². The molecule has 1 amide bonds. The maximum atomic E-state index is 10.6. The number of hydrogen-bond acceptors (Lipinski definition) is 5. The van der Waals surface area contributed by atoms with Gasteiger partial charge in [0.1, 0.15) is 5.82 Å². The van der Waals surface area contributed by atoms with Gasteiger partial charge in [-0.1, -0.05) is 0 Å². The number of nitrogens with zero attached hydrogens (tertiary/aromatic N) is 2. The number of aromatic nitrogens is 2. The highest BCUT2D eigenvalue weighted by atomic mass is 16.5. The molecule has 3 N–H and O–H groups in total. The van der Waals surface area contributed by atoms with Crippen LogP contribution in [0.1, 0.15) is 0 Å². The van der Waals surface area contributed by atoms with Crippen molar-refractivity contribution in [1.29, 1.82) is 0 Å². The molecule has 0 aliphatic heterocycles. The Hall–Kier alpha value is -1.85. The van der Waals surface area contributed by atoms with E-state index in [-0.39, 0.29) is 11.8 Å². The molecule has 12 heavy (non-hydrogen) atoms. The molecule has 6 heteroatoms. The van der Waals surface area contributed by atoms with Crippen molar-refractivity contribution in [2.24, 2.45) is 0 Å². The lowest BCUT2D eigenvalue weighted by Crippen LogP contribution is -2.13. The van der Waals surface area contributed by atoms with E-state index in [1.54, 1.807) is 0 Å². The van der Waals surface area contributed by atoms with Crippen molar-refractivity contribution in [3.05, 3.63) is 12.3 Å². The van der Waals surface area contributed by atoms with Crippen molar-refractivity contribution >= 4 is 17.9 Å². The number of rotatable bonds is 1. The number of carbonyl (C=O) groups excluding carboxylic acids is 1. The van der Waals surface area contributed by atoms with Crippen LogP contribution in [-0.2, 0) is 4.74 Å². The van der Waals surface area contributed by atoms with Gasteiger partial charge in [0.2, 0.25) is 5.95 Å². The lowest BCUT2D eigenvalue weighted by atomic mass is 10.6. The topological polar surface area (TPSA) is 90.1 Å². The molecule has 64 valence electrons. The van der Waals surface area contributed by atoms with Crippen LogP contribution in [0.3, 0.4) is 0 Å². The number of anilines is 2. The standard InChI is InChI=1S/C6H8N4O2/c1-12-6(11)10-5-8-3-2-4(7)9-5/h2-3H,1H3,(H3,7,8,9,10,11). The van der Waals surface area contributed by atoms with E-state index in [2.05, 4.69) is 20.0 Å². The highest BCUT2D eigenvalue weighted by Crippen LogP contribution is 2.00. The largest absolute Gasteiger partial charge is 0.453 e. The zero-order valence-corrected chi connectivity index (χ0v) is 6.44. The Kier molecular flexibility index (Phi) is 2.42. The maximum Gasteiger partial charge on any atom is 0.413 e. The third-order valence-electron chi connectivity index (χ3n) is 1.08. The second-order valence-electron chi connectivity index (χ2n) is 1.92. The van der Waals surface area contributed by atoms with Gasteiger partial charge < -0.3 is 10.5 Å². The van der Waals surface area contributed by atoms with Crippen molar-refractivity contribution in [2.45, 2.75) is 0 Å². The summed E-state index contributed by atoms with van der Waals surface area (Å²) >= 11 is 0. The maximum absolute atomic E-state index is 10.6. The normalized spacial score (nSPS) is 9.08. The molecule has 0 aliphatic rings. The third kappa shape index (κ3) is 2.08. The fourth-order valence-electron chi connectivity index (χ4n) is 0.575. The molecular formula is C6H8N4O2. The van der Waals surface area contributed by atoms with Crippen molar-refractivity contribution in [2.75, 3.05) is 18.2 Å². The molecule has 0 spiro atoms. The average Bonchev–Trinajstić information content (AvgIpc) is 2.04. The molecule has 1 aromatic heterocycles. The summed E-state index contributed by atoms with van der Waals surface area (Å²) in [5.74, 6) is 0.415. The Morgan fingerprint density at radius 2 is 2.50 bits per heavy atom. The molecule has 1 aromatic rings. The van der Waals surface area contributed by atoms with E-state index in [1.807, 2.05) is 0 Å². The number of ether oxygens (including phenoxy) is 1. The molecule has 0 fully saturated rings. The molecule has 0 bridgehead atoms. The molecule has 0 saturated heterocycles. The fourth-order valence-corrected chi connectivity index (χ4v) is 0.575. The second kappa shape index (κ2) is 3.51. The van der Waals surface area contributed by atoms with Crippen LogP contribution in [0, 0.1) is 0 Å². The summed E-state index contributed by atoms with van der Waals surface area (Å²) in [6.45, 7) is 0. The Labute approximate surface area is 68.8 Å². The van der Waals surface area contributed by atoms with Gasteiger partial charge in [0.05, 0.1) is 7.11 Å². The number of nitrogens with one attached hydrogen (secondary N) is 1. The first kappa shape index (κ1) is 8.25. The summed E-state index contributed by atoms with van der Waals surface area (Å²) in [6, 6.07) is 1.52.